The van der Waals surface area contributed by atoms with Gasteiger partial charge in [-0.05, 0) is 33.6 Å². The van der Waals surface area contributed by atoms with Crippen molar-refractivity contribution in [1.82, 2.24) is 39.6 Å². The molecule has 14 nitrogen and oxygen atoms in total. The Balaban J connectivity index is 1.58. The Kier molecular flexibility index (Phi) is 8.42. The number of methoxy groups -OCH3 is 2. The molecule has 0 radical (unpaired) electrons. The van der Waals surface area contributed by atoms with E-state index in [9.17, 15) is 8.42 Å². The molecule has 0 spiro atoms. The molecule has 16 heteroatoms. The lowest BCUT2D eigenvalue weighted by Gasteiger charge is -2.20. The maximum atomic E-state index is 12.8. The molecule has 206 valence electrons. The van der Waals surface area contributed by atoms with Crippen molar-refractivity contribution in [1.29, 1.82) is 0 Å². The van der Waals surface area contributed by atoms with E-state index in [1.807, 2.05) is 13.8 Å². The van der Waals surface area contributed by atoms with E-state index in [4.69, 9.17) is 30.6 Å². The van der Waals surface area contributed by atoms with E-state index in [2.05, 4.69) is 35.0 Å². The maximum Gasteiger partial charge on any atom is 0.245 e. The second-order valence-corrected chi connectivity index (χ2v) is 11.7. The first-order valence-electron chi connectivity index (χ1n) is 11.7. The van der Waals surface area contributed by atoms with Crippen molar-refractivity contribution in [3.8, 4) is 17.4 Å². The molecule has 4 heterocycles. The Morgan fingerprint density at radius 3 is 2.39 bits per heavy atom. The number of hydrogen-bond acceptors (Lipinski definition) is 12. The van der Waals surface area contributed by atoms with Gasteiger partial charge >= 0.3 is 0 Å². The average Bonchev–Trinajstić information content (AvgIpc) is 3.46. The summed E-state index contributed by atoms with van der Waals surface area (Å²) in [6.07, 6.45) is 5.28. The van der Waals surface area contributed by atoms with E-state index in [0.29, 0.717) is 28.8 Å². The van der Waals surface area contributed by atoms with Crippen LogP contribution in [0.3, 0.4) is 0 Å². The number of nitrogens with zero attached hydrogens (tertiary/aromatic N) is 7. The SMILES string of the molecule is COc1ncnc(OC)c1-n1c(CONS(=O)(=O)[C@@H](C)Cc2ncc(Cl)cn2)nnc1[C@H]1CCC(C)(C)O1. The van der Waals surface area contributed by atoms with Crippen LogP contribution in [0.5, 0.6) is 11.8 Å². The van der Waals surface area contributed by atoms with Crippen molar-refractivity contribution in [2.24, 2.45) is 0 Å². The summed E-state index contributed by atoms with van der Waals surface area (Å²) in [6.45, 7) is 5.22. The summed E-state index contributed by atoms with van der Waals surface area (Å²) >= 11 is 5.80. The summed E-state index contributed by atoms with van der Waals surface area (Å²) in [5.74, 6) is 1.44. The minimum atomic E-state index is -3.91. The van der Waals surface area contributed by atoms with E-state index in [0.717, 1.165) is 6.42 Å². The van der Waals surface area contributed by atoms with Gasteiger partial charge in [0.05, 0.1) is 30.1 Å². The average molecular weight is 569 g/mol. The fourth-order valence-corrected chi connectivity index (χ4v) is 4.80. The number of sulfonamides is 1. The third-order valence-electron chi connectivity index (χ3n) is 5.93. The molecule has 0 saturated carbocycles. The van der Waals surface area contributed by atoms with Gasteiger partial charge in [0.15, 0.2) is 17.3 Å². The molecule has 0 bridgehead atoms. The van der Waals surface area contributed by atoms with Crippen molar-refractivity contribution in [3.05, 3.63) is 41.2 Å². The smallest absolute Gasteiger partial charge is 0.245 e. The van der Waals surface area contributed by atoms with E-state index in [-0.39, 0.29) is 36.2 Å². The predicted molar refractivity (Wildman–Crippen MR) is 134 cm³/mol. The van der Waals surface area contributed by atoms with E-state index >= 15 is 0 Å². The molecule has 3 aromatic rings. The Bertz CT molecular complexity index is 1350. The normalized spacial score (nSPS) is 17.9. The first kappa shape index (κ1) is 28.0. The van der Waals surface area contributed by atoms with Crippen LogP contribution in [-0.4, -0.2) is 68.2 Å². The number of nitrogens with one attached hydrogen (secondary N) is 1. The molecule has 3 aromatic heterocycles. The van der Waals surface area contributed by atoms with Crippen LogP contribution >= 0.6 is 11.6 Å². The fourth-order valence-electron chi connectivity index (χ4n) is 3.95. The Morgan fingerprint density at radius 1 is 1.16 bits per heavy atom. The van der Waals surface area contributed by atoms with Gasteiger partial charge in [-0.2, -0.15) is 9.97 Å². The lowest BCUT2D eigenvalue weighted by atomic mass is 10.1. The third-order valence-corrected chi connectivity index (χ3v) is 7.70. The van der Waals surface area contributed by atoms with Crippen molar-refractivity contribution in [3.63, 3.8) is 0 Å². The molecule has 1 N–H and O–H groups in total. The van der Waals surface area contributed by atoms with Crippen LogP contribution in [0.4, 0.5) is 0 Å². The van der Waals surface area contributed by atoms with Crippen molar-refractivity contribution >= 4 is 21.6 Å². The molecule has 0 unspecified atom stereocenters. The van der Waals surface area contributed by atoms with E-state index in [1.165, 1.54) is 39.9 Å². The van der Waals surface area contributed by atoms with Gasteiger partial charge in [0.2, 0.25) is 21.8 Å². The van der Waals surface area contributed by atoms with Crippen molar-refractivity contribution in [2.45, 2.75) is 63.6 Å². The van der Waals surface area contributed by atoms with Crippen LogP contribution in [-0.2, 0) is 32.6 Å². The van der Waals surface area contributed by atoms with E-state index in [1.54, 1.807) is 4.57 Å². The number of hydrogen-bond donors (Lipinski definition) is 1. The van der Waals surface area contributed by atoms with Crippen LogP contribution < -0.4 is 14.4 Å². The second-order valence-electron chi connectivity index (χ2n) is 9.20. The van der Waals surface area contributed by atoms with Crippen molar-refractivity contribution in [2.75, 3.05) is 14.2 Å². The highest BCUT2D eigenvalue weighted by atomic mass is 35.5. The van der Waals surface area contributed by atoms with Gasteiger partial charge in [-0.3, -0.25) is 9.40 Å². The predicted octanol–water partition coefficient (Wildman–Crippen LogP) is 2.13. The highest BCUT2D eigenvalue weighted by Crippen LogP contribution is 2.41. The first-order valence-corrected chi connectivity index (χ1v) is 13.6. The molecule has 1 aliphatic rings. The van der Waals surface area contributed by atoms with Gasteiger partial charge in [0, 0.05) is 18.8 Å². The summed E-state index contributed by atoms with van der Waals surface area (Å²) in [5.41, 5.74) is -0.0144. The summed E-state index contributed by atoms with van der Waals surface area (Å²) in [7, 11) is -0.990. The first-order chi connectivity index (χ1) is 18.0. The van der Waals surface area contributed by atoms with Gasteiger partial charge in [0.25, 0.3) is 0 Å². The molecule has 0 aromatic carbocycles. The molecule has 0 amide bonds. The maximum absolute atomic E-state index is 12.8. The van der Waals surface area contributed by atoms with Gasteiger partial charge in [-0.25, -0.2) is 18.4 Å². The van der Waals surface area contributed by atoms with Gasteiger partial charge in [-0.15, -0.1) is 10.2 Å². The lowest BCUT2D eigenvalue weighted by Crippen LogP contribution is -2.34. The molecule has 38 heavy (non-hydrogen) atoms. The zero-order valence-electron chi connectivity index (χ0n) is 21.6. The molecular formula is C22H29ClN8O6S. The van der Waals surface area contributed by atoms with Crippen LogP contribution in [0.25, 0.3) is 5.69 Å². The van der Waals surface area contributed by atoms with Crippen LogP contribution in [0.1, 0.15) is 57.2 Å². The second kappa shape index (κ2) is 11.4. The van der Waals surface area contributed by atoms with Gasteiger partial charge in [0.1, 0.15) is 24.9 Å². The van der Waals surface area contributed by atoms with Crippen molar-refractivity contribution < 1.29 is 27.5 Å². The molecule has 1 saturated heterocycles. The van der Waals surface area contributed by atoms with Crippen LogP contribution in [0.15, 0.2) is 18.7 Å². The van der Waals surface area contributed by atoms with E-state index < -0.39 is 21.4 Å². The molecule has 1 aliphatic heterocycles. The molecule has 0 aliphatic carbocycles. The molecule has 1 fully saturated rings. The number of rotatable bonds is 11. The Labute approximate surface area is 225 Å². The monoisotopic (exact) mass is 568 g/mol. The topological polar surface area (TPSA) is 165 Å². The van der Waals surface area contributed by atoms with Gasteiger partial charge in [-0.1, -0.05) is 16.5 Å². The van der Waals surface area contributed by atoms with Crippen LogP contribution in [0, 0.1) is 0 Å². The van der Waals surface area contributed by atoms with Gasteiger partial charge < -0.3 is 14.2 Å². The number of ether oxygens (including phenoxy) is 3. The summed E-state index contributed by atoms with van der Waals surface area (Å²) < 4.78 is 44.3. The summed E-state index contributed by atoms with van der Waals surface area (Å²) in [6, 6.07) is 0. The van der Waals surface area contributed by atoms with Crippen LogP contribution in [0.2, 0.25) is 5.02 Å². The third kappa shape index (κ3) is 6.18. The number of aromatic nitrogens is 7. The minimum Gasteiger partial charge on any atom is -0.479 e. The quantitative estimate of drug-likeness (QED) is 0.335. The number of halogens is 1. The molecular weight excluding hydrogens is 540 g/mol. The minimum absolute atomic E-state index is 0.0563. The summed E-state index contributed by atoms with van der Waals surface area (Å²) in [4.78, 5) is 24.0. The summed E-state index contributed by atoms with van der Waals surface area (Å²) in [5, 5.41) is 8.06. The molecule has 4 rings (SSSR count). The lowest BCUT2D eigenvalue weighted by molar-refractivity contribution is -0.0209. The zero-order chi connectivity index (χ0) is 27.5. The Hall–Kier alpha value is -2.98. The molecule has 2 atom stereocenters. The fraction of sp³-hybridized carbons (Fsp3) is 0.545. The zero-order valence-corrected chi connectivity index (χ0v) is 23.2. The highest BCUT2D eigenvalue weighted by molar-refractivity contribution is 7.89. The standard InChI is InChI=1S/C22H29ClN8O6S/c1-13(8-16-24-9-14(23)10-25-16)38(32,33)30-36-11-17-28-29-19(15-6-7-22(2,3)37-15)31(17)18-20(34-4)26-12-27-21(18)35-5/h9-10,12-13,15,30H,6-8,11H2,1-5H3/t13-,15+/m0/s1. The Morgan fingerprint density at radius 2 is 1.82 bits per heavy atom. The highest BCUT2D eigenvalue weighted by Gasteiger charge is 2.37. The largest absolute Gasteiger partial charge is 0.479 e.